The van der Waals surface area contributed by atoms with Gasteiger partial charge in [-0.2, -0.15) is 0 Å². The molecule has 0 aliphatic heterocycles. The second-order valence-electron chi connectivity index (χ2n) is 5.45. The number of methoxy groups -OCH3 is 1. The molecule has 0 bridgehead atoms. The molecule has 0 amide bonds. The SMILES string of the molecule is CCc1cc(CC(C(=O)O)c2ccccc2C)ccc1OC. The molecule has 0 aromatic heterocycles. The predicted octanol–water partition coefficient (Wildman–Crippen LogP) is 3.98. The molecular weight excluding hydrogens is 276 g/mol. The topological polar surface area (TPSA) is 46.5 Å². The summed E-state index contributed by atoms with van der Waals surface area (Å²) in [7, 11) is 1.65. The van der Waals surface area contributed by atoms with Crippen LogP contribution in [0.4, 0.5) is 0 Å². The van der Waals surface area contributed by atoms with Gasteiger partial charge in [-0.25, -0.2) is 0 Å². The maximum absolute atomic E-state index is 11.7. The maximum atomic E-state index is 11.7. The maximum Gasteiger partial charge on any atom is 0.311 e. The number of benzene rings is 2. The fraction of sp³-hybridized carbons (Fsp3) is 0.316. The molecule has 2 aromatic rings. The summed E-state index contributed by atoms with van der Waals surface area (Å²) in [6.45, 7) is 4.02. The van der Waals surface area contributed by atoms with Gasteiger partial charge in [0.15, 0.2) is 0 Å². The van der Waals surface area contributed by atoms with Crippen molar-refractivity contribution < 1.29 is 14.6 Å². The zero-order chi connectivity index (χ0) is 16.1. The highest BCUT2D eigenvalue weighted by atomic mass is 16.5. The molecule has 3 nitrogen and oxygen atoms in total. The molecule has 0 fully saturated rings. The zero-order valence-electron chi connectivity index (χ0n) is 13.3. The third-order valence-corrected chi connectivity index (χ3v) is 4.03. The minimum Gasteiger partial charge on any atom is -0.496 e. The molecule has 22 heavy (non-hydrogen) atoms. The third-order valence-electron chi connectivity index (χ3n) is 4.03. The van der Waals surface area contributed by atoms with Gasteiger partial charge in [-0.05, 0) is 48.1 Å². The number of aryl methyl sites for hydroxylation is 2. The van der Waals surface area contributed by atoms with Crippen molar-refractivity contribution in [2.24, 2.45) is 0 Å². The number of hydrogen-bond acceptors (Lipinski definition) is 2. The summed E-state index contributed by atoms with van der Waals surface area (Å²) < 4.78 is 5.33. The van der Waals surface area contributed by atoms with E-state index in [0.29, 0.717) is 6.42 Å². The Bertz CT molecular complexity index is 661. The van der Waals surface area contributed by atoms with E-state index in [4.69, 9.17) is 4.74 Å². The lowest BCUT2D eigenvalue weighted by molar-refractivity contribution is -0.138. The van der Waals surface area contributed by atoms with Gasteiger partial charge in [0.25, 0.3) is 0 Å². The van der Waals surface area contributed by atoms with Crippen LogP contribution in [0.1, 0.15) is 35.1 Å². The average molecular weight is 298 g/mol. The van der Waals surface area contributed by atoms with Crippen LogP contribution < -0.4 is 4.74 Å². The quantitative estimate of drug-likeness (QED) is 0.877. The number of rotatable bonds is 6. The highest BCUT2D eigenvalue weighted by Crippen LogP contribution is 2.27. The second-order valence-corrected chi connectivity index (χ2v) is 5.45. The standard InChI is InChI=1S/C19H22O3/c1-4-15-11-14(9-10-18(15)22-3)12-17(19(20)21)16-8-6-5-7-13(16)2/h5-11,17H,4,12H2,1-3H3,(H,20,21). The number of carboxylic acids is 1. The first-order valence-electron chi connectivity index (χ1n) is 7.51. The number of hydrogen-bond donors (Lipinski definition) is 1. The van der Waals surface area contributed by atoms with E-state index in [-0.39, 0.29) is 0 Å². The van der Waals surface area contributed by atoms with Crippen LogP contribution in [0.2, 0.25) is 0 Å². The molecule has 1 N–H and O–H groups in total. The minimum absolute atomic E-state index is 0.483. The summed E-state index contributed by atoms with van der Waals surface area (Å²) in [6.07, 6.45) is 1.34. The summed E-state index contributed by atoms with van der Waals surface area (Å²) in [6, 6.07) is 13.6. The van der Waals surface area contributed by atoms with Crippen molar-refractivity contribution in [3.05, 3.63) is 64.7 Å². The van der Waals surface area contributed by atoms with E-state index < -0.39 is 11.9 Å². The molecule has 3 heteroatoms. The van der Waals surface area contributed by atoms with Gasteiger partial charge >= 0.3 is 5.97 Å². The van der Waals surface area contributed by atoms with Gasteiger partial charge in [0.1, 0.15) is 5.75 Å². The normalized spacial score (nSPS) is 12.0. The van der Waals surface area contributed by atoms with Gasteiger partial charge in [-0.1, -0.05) is 43.3 Å². The van der Waals surface area contributed by atoms with Crippen LogP contribution in [0.25, 0.3) is 0 Å². The second kappa shape index (κ2) is 7.12. The Balaban J connectivity index is 2.33. The van der Waals surface area contributed by atoms with Gasteiger partial charge in [-0.15, -0.1) is 0 Å². The fourth-order valence-electron chi connectivity index (χ4n) is 2.78. The molecule has 0 spiro atoms. The molecule has 116 valence electrons. The summed E-state index contributed by atoms with van der Waals surface area (Å²) >= 11 is 0. The number of carboxylic acid groups (broad SMARTS) is 1. The van der Waals surface area contributed by atoms with E-state index in [1.807, 2.05) is 49.4 Å². The van der Waals surface area contributed by atoms with Gasteiger partial charge in [0.2, 0.25) is 0 Å². The van der Waals surface area contributed by atoms with Crippen LogP contribution in [0.3, 0.4) is 0 Å². The third kappa shape index (κ3) is 3.48. The minimum atomic E-state index is -0.789. The Morgan fingerprint density at radius 3 is 2.55 bits per heavy atom. The van der Waals surface area contributed by atoms with Crippen molar-refractivity contribution in [2.75, 3.05) is 7.11 Å². The summed E-state index contributed by atoms with van der Waals surface area (Å²) in [5.74, 6) is -0.462. The van der Waals surface area contributed by atoms with Crippen LogP contribution >= 0.6 is 0 Å². The smallest absolute Gasteiger partial charge is 0.311 e. The van der Waals surface area contributed by atoms with Crippen molar-refractivity contribution in [1.29, 1.82) is 0 Å². The van der Waals surface area contributed by atoms with Crippen LogP contribution in [-0.4, -0.2) is 18.2 Å². The molecule has 0 aliphatic rings. The van der Waals surface area contributed by atoms with Gasteiger partial charge in [-0.3, -0.25) is 4.79 Å². The highest BCUT2D eigenvalue weighted by molar-refractivity contribution is 5.77. The van der Waals surface area contributed by atoms with E-state index in [0.717, 1.165) is 34.4 Å². The van der Waals surface area contributed by atoms with Gasteiger partial charge < -0.3 is 9.84 Å². The van der Waals surface area contributed by atoms with E-state index >= 15 is 0 Å². The number of aliphatic carboxylic acids is 1. The predicted molar refractivity (Wildman–Crippen MR) is 87.6 cm³/mol. The molecule has 0 saturated heterocycles. The molecule has 0 heterocycles. The lowest BCUT2D eigenvalue weighted by Gasteiger charge is -2.16. The van der Waals surface area contributed by atoms with Crippen molar-refractivity contribution in [3.63, 3.8) is 0 Å². The van der Waals surface area contributed by atoms with Crippen molar-refractivity contribution in [2.45, 2.75) is 32.6 Å². The van der Waals surface area contributed by atoms with Gasteiger partial charge in [0.05, 0.1) is 13.0 Å². The van der Waals surface area contributed by atoms with Crippen molar-refractivity contribution >= 4 is 5.97 Å². The van der Waals surface area contributed by atoms with Crippen LogP contribution in [0.15, 0.2) is 42.5 Å². The molecule has 2 aromatic carbocycles. The first-order chi connectivity index (χ1) is 10.6. The van der Waals surface area contributed by atoms with Crippen molar-refractivity contribution in [3.8, 4) is 5.75 Å². The Hall–Kier alpha value is -2.29. The monoisotopic (exact) mass is 298 g/mol. The lowest BCUT2D eigenvalue weighted by atomic mass is 9.88. The number of ether oxygens (including phenoxy) is 1. The molecule has 1 atom stereocenters. The molecule has 0 aliphatic carbocycles. The Morgan fingerprint density at radius 1 is 1.23 bits per heavy atom. The van der Waals surface area contributed by atoms with Crippen LogP contribution in [-0.2, 0) is 17.6 Å². The zero-order valence-corrected chi connectivity index (χ0v) is 13.3. The van der Waals surface area contributed by atoms with Crippen LogP contribution in [0, 0.1) is 6.92 Å². The first kappa shape index (κ1) is 16.1. The van der Waals surface area contributed by atoms with E-state index in [9.17, 15) is 9.90 Å². The molecule has 0 saturated carbocycles. The van der Waals surface area contributed by atoms with Crippen molar-refractivity contribution in [1.82, 2.24) is 0 Å². The van der Waals surface area contributed by atoms with Crippen LogP contribution in [0.5, 0.6) is 5.75 Å². The first-order valence-corrected chi connectivity index (χ1v) is 7.51. The molecular formula is C19H22O3. The Labute approximate surface area is 131 Å². The summed E-state index contributed by atoms with van der Waals surface area (Å²) in [4.78, 5) is 11.7. The lowest BCUT2D eigenvalue weighted by Crippen LogP contribution is -2.15. The average Bonchev–Trinajstić information content (AvgIpc) is 2.53. The Morgan fingerprint density at radius 2 is 1.95 bits per heavy atom. The molecule has 1 unspecified atom stereocenters. The largest absolute Gasteiger partial charge is 0.496 e. The molecule has 0 radical (unpaired) electrons. The Kier molecular flexibility index (Phi) is 5.21. The van der Waals surface area contributed by atoms with E-state index in [2.05, 4.69) is 6.92 Å². The summed E-state index contributed by atoms with van der Waals surface area (Å²) in [5.41, 5.74) is 4.02. The van der Waals surface area contributed by atoms with E-state index in [1.165, 1.54) is 0 Å². The number of carbonyl (C=O) groups is 1. The fourth-order valence-corrected chi connectivity index (χ4v) is 2.78. The summed E-state index contributed by atoms with van der Waals surface area (Å²) in [5, 5.41) is 9.62. The highest BCUT2D eigenvalue weighted by Gasteiger charge is 2.22. The molecule has 2 rings (SSSR count). The van der Waals surface area contributed by atoms with E-state index in [1.54, 1.807) is 7.11 Å². The van der Waals surface area contributed by atoms with Gasteiger partial charge in [0, 0.05) is 0 Å².